The molecule has 2 aromatic heterocycles. The lowest BCUT2D eigenvalue weighted by atomic mass is 9.98. The fraction of sp³-hybridized carbons (Fsp3) is 0.625. The largest absolute Gasteiger partial charge is 0.360 e. The van der Waals surface area contributed by atoms with E-state index < -0.39 is 0 Å². The first-order valence-electron chi connectivity index (χ1n) is 8.49. The van der Waals surface area contributed by atoms with Crippen LogP contribution < -0.4 is 5.32 Å². The summed E-state index contributed by atoms with van der Waals surface area (Å²) in [7, 11) is 0. The molecule has 0 bridgehead atoms. The van der Waals surface area contributed by atoms with Crippen molar-refractivity contribution < 1.29 is 9.32 Å². The van der Waals surface area contributed by atoms with Crippen LogP contribution in [0, 0.1) is 6.92 Å². The first-order valence-corrected chi connectivity index (χ1v) is 8.49. The number of aromatic nitrogens is 4. The van der Waals surface area contributed by atoms with Gasteiger partial charge in [-0.15, -0.1) is 0 Å². The summed E-state index contributed by atoms with van der Waals surface area (Å²) in [5.41, 5.74) is 0. The highest BCUT2D eigenvalue weighted by Crippen LogP contribution is 2.23. The summed E-state index contributed by atoms with van der Waals surface area (Å²) >= 11 is 0. The van der Waals surface area contributed by atoms with Crippen molar-refractivity contribution in [2.24, 2.45) is 0 Å². The third-order valence-corrected chi connectivity index (χ3v) is 4.51. The van der Waals surface area contributed by atoms with Crippen LogP contribution in [0.4, 0.5) is 5.82 Å². The Morgan fingerprint density at radius 2 is 2.38 bits per heavy atom. The van der Waals surface area contributed by atoms with Gasteiger partial charge in [-0.1, -0.05) is 18.5 Å². The lowest BCUT2D eigenvalue weighted by molar-refractivity contribution is -0.123. The number of amides is 1. The van der Waals surface area contributed by atoms with Crippen LogP contribution in [-0.2, 0) is 11.3 Å². The maximum absolute atomic E-state index is 12.7. The number of aryl methyl sites for hydroxylation is 1. The molecule has 1 saturated heterocycles. The molecule has 24 heavy (non-hydrogen) atoms. The number of piperidine rings is 1. The molecule has 2 aromatic rings. The highest BCUT2D eigenvalue weighted by atomic mass is 16.5. The highest BCUT2D eigenvalue weighted by molar-refractivity contribution is 5.94. The highest BCUT2D eigenvalue weighted by Gasteiger charge is 2.32. The van der Waals surface area contributed by atoms with Gasteiger partial charge in [0.1, 0.15) is 18.4 Å². The lowest BCUT2D eigenvalue weighted by Gasteiger charge is -2.40. The van der Waals surface area contributed by atoms with Crippen molar-refractivity contribution in [2.45, 2.75) is 58.2 Å². The molecule has 3 heterocycles. The van der Waals surface area contributed by atoms with E-state index >= 15 is 0 Å². The molecule has 1 fully saturated rings. The van der Waals surface area contributed by atoms with Crippen molar-refractivity contribution in [3.8, 4) is 0 Å². The van der Waals surface area contributed by atoms with E-state index in [2.05, 4.69) is 25.5 Å². The molecule has 1 aliphatic heterocycles. The molecule has 8 heteroatoms. The lowest BCUT2D eigenvalue weighted by Crippen LogP contribution is -2.52. The van der Waals surface area contributed by atoms with Crippen LogP contribution >= 0.6 is 0 Å². The van der Waals surface area contributed by atoms with Crippen molar-refractivity contribution in [3.05, 3.63) is 24.5 Å². The summed E-state index contributed by atoms with van der Waals surface area (Å²) < 4.78 is 6.86. The standard InChI is InChI=1S/C16H24N6O2/c1-3-14(16(23)19-15-8-12(2)24-20-15)22-7-5-4-6-13(22)9-21-11-17-10-18-21/h8,10-11,13-14H,3-7,9H2,1-2H3,(H,19,20,23). The predicted octanol–water partition coefficient (Wildman–Crippen LogP) is 1.85. The molecule has 3 rings (SSSR count). The van der Waals surface area contributed by atoms with Gasteiger partial charge < -0.3 is 9.84 Å². The summed E-state index contributed by atoms with van der Waals surface area (Å²) in [5.74, 6) is 1.12. The fourth-order valence-corrected chi connectivity index (χ4v) is 3.38. The zero-order valence-electron chi connectivity index (χ0n) is 14.2. The minimum absolute atomic E-state index is 0.0312. The van der Waals surface area contributed by atoms with Crippen molar-refractivity contribution >= 4 is 11.7 Å². The molecule has 0 aliphatic carbocycles. The Morgan fingerprint density at radius 3 is 3.04 bits per heavy atom. The van der Waals surface area contributed by atoms with E-state index in [1.807, 2.05) is 11.6 Å². The van der Waals surface area contributed by atoms with Gasteiger partial charge in [0.2, 0.25) is 5.91 Å². The topological polar surface area (TPSA) is 89.1 Å². The Hall–Kier alpha value is -2.22. The van der Waals surface area contributed by atoms with E-state index in [-0.39, 0.29) is 18.0 Å². The SMILES string of the molecule is CCC(C(=O)Nc1cc(C)on1)N1CCCCC1Cn1cncn1. The first kappa shape index (κ1) is 16.6. The molecule has 0 saturated carbocycles. The smallest absolute Gasteiger partial charge is 0.242 e. The van der Waals surface area contributed by atoms with E-state index in [9.17, 15) is 4.79 Å². The molecule has 0 radical (unpaired) electrons. The van der Waals surface area contributed by atoms with Crippen LogP contribution in [0.3, 0.4) is 0 Å². The van der Waals surface area contributed by atoms with Crippen molar-refractivity contribution in [1.29, 1.82) is 0 Å². The van der Waals surface area contributed by atoms with E-state index in [4.69, 9.17) is 4.52 Å². The second-order valence-corrected chi connectivity index (χ2v) is 6.24. The van der Waals surface area contributed by atoms with Crippen LogP contribution in [0.15, 0.2) is 23.2 Å². The third-order valence-electron chi connectivity index (χ3n) is 4.51. The van der Waals surface area contributed by atoms with Gasteiger partial charge in [-0.05, 0) is 32.7 Å². The van der Waals surface area contributed by atoms with E-state index in [0.717, 1.165) is 32.4 Å². The number of nitrogens with zero attached hydrogens (tertiary/aromatic N) is 5. The molecular formula is C16H24N6O2. The molecule has 2 atom stereocenters. The van der Waals surface area contributed by atoms with Gasteiger partial charge in [-0.3, -0.25) is 14.4 Å². The van der Waals surface area contributed by atoms with Crippen LogP contribution in [0.2, 0.25) is 0 Å². The van der Waals surface area contributed by atoms with Gasteiger partial charge in [-0.25, -0.2) is 4.98 Å². The predicted molar refractivity (Wildman–Crippen MR) is 88.3 cm³/mol. The maximum Gasteiger partial charge on any atom is 0.242 e. The number of anilines is 1. The van der Waals surface area contributed by atoms with Gasteiger partial charge in [-0.2, -0.15) is 5.10 Å². The van der Waals surface area contributed by atoms with Crippen LogP contribution in [-0.4, -0.2) is 49.4 Å². The van der Waals surface area contributed by atoms with Crippen molar-refractivity contribution in [2.75, 3.05) is 11.9 Å². The molecule has 1 N–H and O–H groups in total. The van der Waals surface area contributed by atoms with Crippen LogP contribution in [0.5, 0.6) is 0 Å². The average Bonchev–Trinajstić information content (AvgIpc) is 3.21. The summed E-state index contributed by atoms with van der Waals surface area (Å²) in [6.07, 6.45) is 7.37. The summed E-state index contributed by atoms with van der Waals surface area (Å²) in [4.78, 5) is 19.0. The maximum atomic E-state index is 12.7. The molecule has 0 spiro atoms. The molecule has 1 aliphatic rings. The summed E-state index contributed by atoms with van der Waals surface area (Å²) in [6.45, 7) is 5.52. The third kappa shape index (κ3) is 3.81. The molecule has 2 unspecified atom stereocenters. The van der Waals surface area contributed by atoms with E-state index in [1.54, 1.807) is 25.6 Å². The number of hydrogen-bond acceptors (Lipinski definition) is 6. The van der Waals surface area contributed by atoms with Crippen LogP contribution in [0.1, 0.15) is 38.4 Å². The normalized spacial score (nSPS) is 20.0. The number of hydrogen-bond donors (Lipinski definition) is 1. The Labute approximate surface area is 141 Å². The minimum Gasteiger partial charge on any atom is -0.360 e. The number of likely N-dealkylation sites (tertiary alicyclic amines) is 1. The number of carbonyl (C=O) groups excluding carboxylic acids is 1. The van der Waals surface area contributed by atoms with E-state index in [1.165, 1.54) is 6.42 Å². The average molecular weight is 332 g/mol. The summed E-state index contributed by atoms with van der Waals surface area (Å²) in [5, 5.41) is 10.9. The van der Waals surface area contributed by atoms with Crippen LogP contribution in [0.25, 0.3) is 0 Å². The molecule has 8 nitrogen and oxygen atoms in total. The Morgan fingerprint density at radius 1 is 1.50 bits per heavy atom. The fourth-order valence-electron chi connectivity index (χ4n) is 3.38. The number of rotatable bonds is 6. The first-order chi connectivity index (χ1) is 11.7. The second-order valence-electron chi connectivity index (χ2n) is 6.24. The van der Waals surface area contributed by atoms with Crippen molar-refractivity contribution in [3.63, 3.8) is 0 Å². The van der Waals surface area contributed by atoms with Gasteiger partial charge in [0.05, 0.1) is 12.6 Å². The van der Waals surface area contributed by atoms with Gasteiger partial charge in [0.25, 0.3) is 0 Å². The van der Waals surface area contributed by atoms with E-state index in [0.29, 0.717) is 11.6 Å². The van der Waals surface area contributed by atoms with Crippen molar-refractivity contribution in [1.82, 2.24) is 24.8 Å². The van der Waals surface area contributed by atoms with Gasteiger partial charge in [0.15, 0.2) is 5.82 Å². The molecule has 130 valence electrons. The zero-order chi connectivity index (χ0) is 16.9. The second kappa shape index (κ2) is 7.57. The minimum atomic E-state index is -0.184. The number of nitrogens with one attached hydrogen (secondary N) is 1. The Balaban J connectivity index is 1.70. The monoisotopic (exact) mass is 332 g/mol. The zero-order valence-corrected chi connectivity index (χ0v) is 14.2. The Bertz CT molecular complexity index is 653. The quantitative estimate of drug-likeness (QED) is 0.868. The number of carbonyl (C=O) groups is 1. The molecule has 0 aromatic carbocycles. The van der Waals surface area contributed by atoms with Gasteiger partial charge >= 0.3 is 0 Å². The molecule has 1 amide bonds. The Kier molecular flexibility index (Phi) is 5.24. The summed E-state index contributed by atoms with van der Waals surface area (Å²) in [6, 6.07) is 1.83. The van der Waals surface area contributed by atoms with Gasteiger partial charge in [0, 0.05) is 12.1 Å². The molecular weight excluding hydrogens is 308 g/mol.